The second-order valence-electron chi connectivity index (χ2n) is 4.32. The van der Waals surface area contributed by atoms with Crippen molar-refractivity contribution in [3.05, 3.63) is 6.33 Å². The molecule has 1 amide bonds. The van der Waals surface area contributed by atoms with Gasteiger partial charge < -0.3 is 20.5 Å². The van der Waals surface area contributed by atoms with Gasteiger partial charge in [-0.25, -0.2) is 4.98 Å². The second kappa shape index (κ2) is 6.18. The van der Waals surface area contributed by atoms with Crippen LogP contribution in [0.5, 0.6) is 0 Å². The maximum Gasteiger partial charge on any atom is 0.239 e. The van der Waals surface area contributed by atoms with E-state index in [-0.39, 0.29) is 12.5 Å². The van der Waals surface area contributed by atoms with Crippen molar-refractivity contribution in [2.45, 2.75) is 13.3 Å². The zero-order valence-electron chi connectivity index (χ0n) is 11.9. The van der Waals surface area contributed by atoms with E-state index in [0.717, 1.165) is 18.5 Å². The van der Waals surface area contributed by atoms with E-state index in [1.165, 1.54) is 0 Å². The number of anilines is 2. The van der Waals surface area contributed by atoms with Crippen molar-refractivity contribution >= 4 is 28.8 Å². The normalized spacial score (nSPS) is 10.6. The summed E-state index contributed by atoms with van der Waals surface area (Å²) in [5.41, 5.74) is 1.32. The number of aromatic amines is 1. The van der Waals surface area contributed by atoms with Crippen molar-refractivity contribution in [2.75, 3.05) is 37.4 Å². The Bertz CT molecular complexity index is 595. The number of carbonyl (C=O) groups excluding carboxylic acids is 1. The zero-order valence-corrected chi connectivity index (χ0v) is 11.9. The Morgan fingerprint density at radius 2 is 2.20 bits per heavy atom. The van der Waals surface area contributed by atoms with Crippen LogP contribution < -0.4 is 15.5 Å². The van der Waals surface area contributed by atoms with Gasteiger partial charge in [0, 0.05) is 20.6 Å². The summed E-state index contributed by atoms with van der Waals surface area (Å²) in [7, 11) is 3.37. The van der Waals surface area contributed by atoms with Gasteiger partial charge in [0.1, 0.15) is 5.52 Å². The molecule has 0 saturated heterocycles. The van der Waals surface area contributed by atoms with Crippen LogP contribution in [-0.2, 0) is 4.79 Å². The van der Waals surface area contributed by atoms with Crippen molar-refractivity contribution in [2.24, 2.45) is 0 Å². The quantitative estimate of drug-likeness (QED) is 0.705. The van der Waals surface area contributed by atoms with Crippen molar-refractivity contribution in [1.82, 2.24) is 25.3 Å². The number of fused-ring (bicyclic) bond motifs is 1. The van der Waals surface area contributed by atoms with Gasteiger partial charge >= 0.3 is 0 Å². The Morgan fingerprint density at radius 3 is 2.85 bits per heavy atom. The predicted molar refractivity (Wildman–Crippen MR) is 77.8 cm³/mol. The van der Waals surface area contributed by atoms with Crippen LogP contribution in [0.25, 0.3) is 11.2 Å². The molecule has 0 aliphatic carbocycles. The summed E-state index contributed by atoms with van der Waals surface area (Å²) in [5.74, 6) is 1.11. The molecule has 20 heavy (non-hydrogen) atoms. The summed E-state index contributed by atoms with van der Waals surface area (Å²) >= 11 is 0. The number of imidazole rings is 1. The molecule has 8 nitrogen and oxygen atoms in total. The Morgan fingerprint density at radius 1 is 1.40 bits per heavy atom. The summed E-state index contributed by atoms with van der Waals surface area (Å²) < 4.78 is 0. The average molecular weight is 277 g/mol. The number of hydrogen-bond acceptors (Lipinski definition) is 6. The average Bonchev–Trinajstić information content (AvgIpc) is 2.93. The molecule has 0 unspecified atom stereocenters. The highest BCUT2D eigenvalue weighted by Crippen LogP contribution is 2.22. The Kier molecular flexibility index (Phi) is 4.34. The van der Waals surface area contributed by atoms with Gasteiger partial charge in [-0.2, -0.15) is 9.97 Å². The van der Waals surface area contributed by atoms with Crippen LogP contribution in [0.4, 0.5) is 11.8 Å². The highest BCUT2D eigenvalue weighted by atomic mass is 16.1. The van der Waals surface area contributed by atoms with E-state index in [2.05, 4.69) is 37.5 Å². The standard InChI is InChI=1S/C12H19N7O/c1-4-5-19(6-8(20)13-2)11-9-10(16-7-15-9)17-12(14-3)18-11/h7H,4-6H2,1-3H3,(H,13,20)(H2,14,15,16,17,18). The van der Waals surface area contributed by atoms with Crippen molar-refractivity contribution < 1.29 is 4.79 Å². The molecule has 0 atom stereocenters. The number of H-pyrrole nitrogens is 1. The van der Waals surface area contributed by atoms with E-state index in [4.69, 9.17) is 0 Å². The zero-order chi connectivity index (χ0) is 14.5. The molecule has 8 heteroatoms. The van der Waals surface area contributed by atoms with E-state index in [1.807, 2.05) is 4.90 Å². The summed E-state index contributed by atoms with van der Waals surface area (Å²) in [4.78, 5) is 29.5. The lowest BCUT2D eigenvalue weighted by Crippen LogP contribution is -2.36. The Hall–Kier alpha value is -2.38. The van der Waals surface area contributed by atoms with Crippen molar-refractivity contribution in [1.29, 1.82) is 0 Å². The third-order valence-corrected chi connectivity index (χ3v) is 2.90. The molecule has 3 N–H and O–H groups in total. The van der Waals surface area contributed by atoms with Gasteiger partial charge in [0.05, 0.1) is 12.9 Å². The van der Waals surface area contributed by atoms with E-state index in [9.17, 15) is 4.79 Å². The van der Waals surface area contributed by atoms with E-state index < -0.39 is 0 Å². The lowest BCUT2D eigenvalue weighted by atomic mass is 10.3. The van der Waals surface area contributed by atoms with Crippen LogP contribution in [0, 0.1) is 0 Å². The number of likely N-dealkylation sites (N-methyl/N-ethyl adjacent to an activating group) is 1. The Balaban J connectivity index is 2.45. The van der Waals surface area contributed by atoms with Crippen molar-refractivity contribution in [3.63, 3.8) is 0 Å². The molecule has 0 aromatic carbocycles. The minimum Gasteiger partial charge on any atom is -0.358 e. The summed E-state index contributed by atoms with van der Waals surface area (Å²) in [6, 6.07) is 0. The molecule has 0 radical (unpaired) electrons. The minimum absolute atomic E-state index is 0.0595. The Labute approximate surface area is 117 Å². The molecule has 0 spiro atoms. The molecular weight excluding hydrogens is 258 g/mol. The SMILES string of the molecule is CCCN(CC(=O)NC)c1nc(NC)nc2nc[nH]c12. The van der Waals surface area contributed by atoms with Crippen LogP contribution in [0.15, 0.2) is 6.33 Å². The molecule has 2 heterocycles. The molecule has 0 saturated carbocycles. The number of hydrogen-bond donors (Lipinski definition) is 3. The van der Waals surface area contributed by atoms with Gasteiger partial charge in [0.25, 0.3) is 0 Å². The van der Waals surface area contributed by atoms with Gasteiger partial charge in [0.2, 0.25) is 11.9 Å². The minimum atomic E-state index is -0.0595. The predicted octanol–water partition coefficient (Wildman–Crippen LogP) is 0.357. The van der Waals surface area contributed by atoms with E-state index in [0.29, 0.717) is 17.4 Å². The second-order valence-corrected chi connectivity index (χ2v) is 4.32. The fourth-order valence-electron chi connectivity index (χ4n) is 1.94. The molecule has 0 aliphatic rings. The lowest BCUT2D eigenvalue weighted by Gasteiger charge is -2.22. The first kappa shape index (κ1) is 14.0. The highest BCUT2D eigenvalue weighted by Gasteiger charge is 2.17. The van der Waals surface area contributed by atoms with Crippen LogP contribution in [0.1, 0.15) is 13.3 Å². The monoisotopic (exact) mass is 277 g/mol. The fraction of sp³-hybridized carbons (Fsp3) is 0.500. The first-order valence-corrected chi connectivity index (χ1v) is 6.54. The smallest absolute Gasteiger partial charge is 0.239 e. The molecule has 2 rings (SSSR count). The first-order valence-electron chi connectivity index (χ1n) is 6.54. The van der Waals surface area contributed by atoms with Crippen LogP contribution in [0.2, 0.25) is 0 Å². The molecule has 0 bridgehead atoms. The summed E-state index contributed by atoms with van der Waals surface area (Å²) in [6.45, 7) is 3.03. The first-order chi connectivity index (χ1) is 9.69. The van der Waals surface area contributed by atoms with Gasteiger partial charge in [0.15, 0.2) is 11.5 Å². The molecule has 108 valence electrons. The number of carbonyl (C=O) groups is 1. The summed E-state index contributed by atoms with van der Waals surface area (Å²) in [5, 5.41) is 5.54. The molecule has 2 aromatic heterocycles. The van der Waals surface area contributed by atoms with Crippen LogP contribution in [0.3, 0.4) is 0 Å². The van der Waals surface area contributed by atoms with Crippen LogP contribution >= 0.6 is 0 Å². The number of nitrogens with one attached hydrogen (secondary N) is 3. The van der Waals surface area contributed by atoms with E-state index >= 15 is 0 Å². The molecule has 2 aromatic rings. The molecule has 0 fully saturated rings. The molecule has 0 aliphatic heterocycles. The number of rotatable bonds is 6. The number of nitrogens with zero attached hydrogens (tertiary/aromatic N) is 4. The van der Waals surface area contributed by atoms with Crippen LogP contribution in [-0.4, -0.2) is 53.0 Å². The third-order valence-electron chi connectivity index (χ3n) is 2.90. The van der Waals surface area contributed by atoms with Gasteiger partial charge in [-0.15, -0.1) is 0 Å². The van der Waals surface area contributed by atoms with Crippen molar-refractivity contribution in [3.8, 4) is 0 Å². The van der Waals surface area contributed by atoms with Gasteiger partial charge in [-0.1, -0.05) is 6.92 Å². The maximum absolute atomic E-state index is 11.7. The summed E-state index contributed by atoms with van der Waals surface area (Å²) in [6.07, 6.45) is 2.48. The number of amides is 1. The van der Waals surface area contributed by atoms with E-state index in [1.54, 1.807) is 20.4 Å². The topological polar surface area (TPSA) is 98.8 Å². The lowest BCUT2D eigenvalue weighted by molar-refractivity contribution is -0.119. The number of aromatic nitrogens is 4. The maximum atomic E-state index is 11.7. The van der Waals surface area contributed by atoms with Gasteiger partial charge in [-0.3, -0.25) is 4.79 Å². The highest BCUT2D eigenvalue weighted by molar-refractivity contribution is 5.88. The third kappa shape index (κ3) is 2.79. The van der Waals surface area contributed by atoms with Gasteiger partial charge in [-0.05, 0) is 6.42 Å². The molecular formula is C12H19N7O. The largest absolute Gasteiger partial charge is 0.358 e. The fourth-order valence-corrected chi connectivity index (χ4v) is 1.94.